The van der Waals surface area contributed by atoms with Crippen molar-refractivity contribution in [2.24, 2.45) is 4.99 Å². The van der Waals surface area contributed by atoms with Crippen molar-refractivity contribution >= 4 is 17.5 Å². The largest absolute Gasteiger partial charge is 0.358 e. The predicted molar refractivity (Wildman–Crippen MR) is 71.4 cm³/mol. The van der Waals surface area contributed by atoms with Crippen molar-refractivity contribution < 1.29 is 0 Å². The van der Waals surface area contributed by atoms with Crippen molar-refractivity contribution in [1.82, 2.24) is 9.88 Å². The van der Waals surface area contributed by atoms with Gasteiger partial charge in [-0.2, -0.15) is 0 Å². The van der Waals surface area contributed by atoms with E-state index in [1.165, 1.54) is 0 Å². The van der Waals surface area contributed by atoms with Crippen LogP contribution in [0.5, 0.6) is 0 Å². The molecule has 1 N–H and O–H groups in total. The first-order valence-electron chi connectivity index (χ1n) is 5.64. The van der Waals surface area contributed by atoms with Crippen LogP contribution in [-0.4, -0.2) is 16.3 Å². The second kappa shape index (κ2) is 4.56. The lowest BCUT2D eigenvalue weighted by molar-refractivity contribution is 0.536. The van der Waals surface area contributed by atoms with E-state index in [0.29, 0.717) is 0 Å². The van der Waals surface area contributed by atoms with Crippen molar-refractivity contribution in [3.63, 3.8) is 0 Å². The second-order valence-corrected chi connectivity index (χ2v) is 5.28. The summed E-state index contributed by atoms with van der Waals surface area (Å²) in [6.45, 7) is 6.03. The Bertz CT molecular complexity index is 603. The normalized spacial score (nSPS) is 18.6. The van der Waals surface area contributed by atoms with Gasteiger partial charge in [0, 0.05) is 23.0 Å². The average Bonchev–Trinajstić information content (AvgIpc) is 2.27. The number of aromatic nitrogens is 1. The monoisotopic (exact) mass is 251 g/mol. The molecule has 1 atom stereocenters. The highest BCUT2D eigenvalue weighted by atomic mass is 32.2. The van der Waals surface area contributed by atoms with Crippen molar-refractivity contribution in [1.29, 1.82) is 0 Å². The molecule has 0 amide bonds. The predicted octanol–water partition coefficient (Wildman–Crippen LogP) is 0.427. The van der Waals surface area contributed by atoms with Crippen LogP contribution in [-0.2, 0) is 0 Å². The molecule has 0 saturated carbocycles. The maximum absolute atomic E-state index is 11.9. The molecule has 4 nitrogen and oxygen atoms in total. The van der Waals surface area contributed by atoms with Crippen LogP contribution in [0.2, 0.25) is 0 Å². The summed E-state index contributed by atoms with van der Waals surface area (Å²) in [7, 11) is 0. The van der Waals surface area contributed by atoms with Gasteiger partial charge >= 0.3 is 0 Å². The van der Waals surface area contributed by atoms with Crippen LogP contribution in [0.3, 0.4) is 0 Å². The number of thioether (sulfide) groups is 1. The third-order valence-corrected chi connectivity index (χ3v) is 3.49. The summed E-state index contributed by atoms with van der Waals surface area (Å²) in [6.07, 6.45) is 2.00. The van der Waals surface area contributed by atoms with Gasteiger partial charge < -0.3 is 5.32 Å². The molecule has 2 rings (SSSR count). The molecule has 0 aromatic carbocycles. The number of nitrogens with zero attached hydrogens (tertiary/aromatic N) is 2. The van der Waals surface area contributed by atoms with Gasteiger partial charge in [0.25, 0.3) is 5.56 Å². The van der Waals surface area contributed by atoms with Crippen LogP contribution in [0.15, 0.2) is 21.9 Å². The van der Waals surface area contributed by atoms with Gasteiger partial charge in [-0.3, -0.25) is 9.36 Å². The molecule has 17 heavy (non-hydrogen) atoms. The van der Waals surface area contributed by atoms with Gasteiger partial charge in [0.1, 0.15) is 5.49 Å². The van der Waals surface area contributed by atoms with Gasteiger partial charge in [0.2, 0.25) is 0 Å². The average molecular weight is 251 g/mol. The Balaban J connectivity index is 2.86. The number of hydrogen-bond acceptors (Lipinski definition) is 4. The van der Waals surface area contributed by atoms with E-state index >= 15 is 0 Å². The standard InChI is InChI=1S/C12H17N3OS/c1-7(2)15-10(16)6-5-9-8(3)13-12(17-4)14-11(9)15/h5-7,12-13H,1-4H3. The lowest BCUT2D eigenvalue weighted by Crippen LogP contribution is -2.50. The number of fused-ring (bicyclic) bond motifs is 1. The zero-order chi connectivity index (χ0) is 12.6. The first-order valence-corrected chi connectivity index (χ1v) is 6.93. The topological polar surface area (TPSA) is 46.4 Å². The molecule has 92 valence electrons. The van der Waals surface area contributed by atoms with Crippen LogP contribution in [0.4, 0.5) is 0 Å². The minimum Gasteiger partial charge on any atom is -0.358 e. The Kier molecular flexibility index (Phi) is 3.28. The molecule has 0 saturated heterocycles. The van der Waals surface area contributed by atoms with Gasteiger partial charge in [-0.25, -0.2) is 4.99 Å². The quantitative estimate of drug-likeness (QED) is 0.829. The van der Waals surface area contributed by atoms with Crippen LogP contribution in [0, 0.1) is 0 Å². The molecule has 1 aromatic heterocycles. The van der Waals surface area contributed by atoms with Gasteiger partial charge in [0.15, 0.2) is 5.50 Å². The highest BCUT2D eigenvalue weighted by molar-refractivity contribution is 7.99. The Labute approximate surface area is 104 Å². The summed E-state index contributed by atoms with van der Waals surface area (Å²) in [6, 6.07) is 3.58. The first-order chi connectivity index (χ1) is 8.04. The summed E-state index contributed by atoms with van der Waals surface area (Å²) < 4.78 is 1.75. The Morgan fingerprint density at radius 2 is 2.18 bits per heavy atom. The summed E-state index contributed by atoms with van der Waals surface area (Å²) >= 11 is 1.63. The molecule has 1 aliphatic rings. The van der Waals surface area contributed by atoms with E-state index in [-0.39, 0.29) is 17.1 Å². The highest BCUT2D eigenvalue weighted by Gasteiger charge is 2.14. The molecule has 0 radical (unpaired) electrons. The molecule has 0 bridgehead atoms. The lowest BCUT2D eigenvalue weighted by atomic mass is 10.2. The summed E-state index contributed by atoms with van der Waals surface area (Å²) in [5.41, 5.74) is 1.87. The molecule has 2 heterocycles. The van der Waals surface area contributed by atoms with E-state index in [1.54, 1.807) is 22.4 Å². The Hall–Kier alpha value is -1.23. The molecular formula is C12H17N3OS. The van der Waals surface area contributed by atoms with Crippen molar-refractivity contribution in [2.75, 3.05) is 6.26 Å². The number of pyridine rings is 1. The lowest BCUT2D eigenvalue weighted by Gasteiger charge is -2.20. The third-order valence-electron chi connectivity index (χ3n) is 2.82. The van der Waals surface area contributed by atoms with Crippen LogP contribution < -0.4 is 21.6 Å². The summed E-state index contributed by atoms with van der Waals surface area (Å²) in [5, 5.41) is 4.32. The van der Waals surface area contributed by atoms with E-state index in [2.05, 4.69) is 10.3 Å². The molecule has 0 spiro atoms. The molecule has 0 aliphatic carbocycles. The van der Waals surface area contributed by atoms with Crippen molar-refractivity contribution in [3.05, 3.63) is 33.2 Å². The molecule has 1 unspecified atom stereocenters. The summed E-state index contributed by atoms with van der Waals surface area (Å²) in [5.74, 6) is 0. The van der Waals surface area contributed by atoms with Crippen LogP contribution in [0.1, 0.15) is 26.8 Å². The number of rotatable bonds is 2. The zero-order valence-electron chi connectivity index (χ0n) is 10.5. The van der Waals surface area contributed by atoms with E-state index in [9.17, 15) is 4.79 Å². The molecule has 1 aliphatic heterocycles. The van der Waals surface area contributed by atoms with E-state index in [1.807, 2.05) is 33.1 Å². The SMILES string of the molecule is CSC1N=c2c(ccc(=O)n2C(C)C)=C(C)N1. The maximum atomic E-state index is 11.9. The number of hydrogen-bond donors (Lipinski definition) is 1. The first kappa shape index (κ1) is 12.2. The van der Waals surface area contributed by atoms with Crippen LogP contribution >= 0.6 is 11.8 Å². The van der Waals surface area contributed by atoms with Crippen LogP contribution in [0.25, 0.3) is 5.70 Å². The highest BCUT2D eigenvalue weighted by Crippen LogP contribution is 2.07. The van der Waals surface area contributed by atoms with Gasteiger partial charge in [0.05, 0.1) is 0 Å². The van der Waals surface area contributed by atoms with Crippen molar-refractivity contribution in [2.45, 2.75) is 32.3 Å². The minimum atomic E-state index is -0.00528. The van der Waals surface area contributed by atoms with E-state index in [0.717, 1.165) is 16.4 Å². The minimum absolute atomic E-state index is 0.00528. The van der Waals surface area contributed by atoms with Gasteiger partial charge in [-0.1, -0.05) is 0 Å². The summed E-state index contributed by atoms with van der Waals surface area (Å²) in [4.78, 5) is 16.5. The number of nitrogens with one attached hydrogen (secondary N) is 1. The fourth-order valence-corrected chi connectivity index (χ4v) is 2.48. The second-order valence-electron chi connectivity index (χ2n) is 4.36. The van der Waals surface area contributed by atoms with E-state index < -0.39 is 0 Å². The maximum Gasteiger partial charge on any atom is 0.252 e. The van der Waals surface area contributed by atoms with Gasteiger partial charge in [-0.05, 0) is 33.1 Å². The smallest absolute Gasteiger partial charge is 0.252 e. The third kappa shape index (κ3) is 2.11. The Morgan fingerprint density at radius 1 is 1.47 bits per heavy atom. The zero-order valence-corrected chi connectivity index (χ0v) is 11.3. The fourth-order valence-electron chi connectivity index (χ4n) is 1.99. The van der Waals surface area contributed by atoms with E-state index in [4.69, 9.17) is 0 Å². The molecule has 0 fully saturated rings. The molecular weight excluding hydrogens is 234 g/mol. The van der Waals surface area contributed by atoms with Crippen molar-refractivity contribution in [3.8, 4) is 0 Å². The van der Waals surface area contributed by atoms with Gasteiger partial charge in [-0.15, -0.1) is 11.8 Å². The molecule has 1 aromatic rings. The fraction of sp³-hybridized carbons (Fsp3) is 0.500. The molecule has 5 heteroatoms. The Morgan fingerprint density at radius 3 is 2.76 bits per heavy atom.